The molecule has 2 nitrogen and oxygen atoms in total. The minimum absolute atomic E-state index is 0.00194. The predicted octanol–water partition coefficient (Wildman–Crippen LogP) is 17.0. The molecule has 68 heavy (non-hydrogen) atoms. The number of rotatable bonds is 4. The van der Waals surface area contributed by atoms with Crippen LogP contribution in [0.5, 0.6) is 0 Å². The average Bonchev–Trinajstić information content (AvgIpc) is 3.98. The maximum atomic E-state index is 2.64. The Labute approximate surface area is 413 Å². The summed E-state index contributed by atoms with van der Waals surface area (Å²) in [7, 11) is 0. The zero-order valence-corrected chi connectivity index (χ0v) is 43.8. The predicted molar refractivity (Wildman–Crippen MR) is 302 cm³/mol. The second-order valence-electron chi connectivity index (χ2n) is 23.6. The van der Waals surface area contributed by atoms with Gasteiger partial charge in [-0.25, -0.2) is 0 Å². The summed E-state index contributed by atoms with van der Waals surface area (Å²) < 4.78 is 2.62. The molecule has 11 rings (SSSR count). The third kappa shape index (κ3) is 7.26. The number of benzene rings is 7. The van der Waals surface area contributed by atoms with Crippen LogP contribution in [-0.4, -0.2) is 6.71 Å². The molecule has 9 aromatic rings. The molecule has 0 bridgehead atoms. The normalized spacial score (nSPS) is 13.9. The van der Waals surface area contributed by atoms with Gasteiger partial charge in [0.25, 0.3) is 6.71 Å². The molecule has 2 aromatic heterocycles. The molecule has 0 aliphatic carbocycles. The fourth-order valence-corrected chi connectivity index (χ4v) is 12.5. The van der Waals surface area contributed by atoms with Gasteiger partial charge in [0.05, 0.1) is 11.4 Å². The molecule has 340 valence electrons. The van der Waals surface area contributed by atoms with Gasteiger partial charge >= 0.3 is 0 Å². The smallest absolute Gasteiger partial charge is 0.252 e. The summed E-state index contributed by atoms with van der Waals surface area (Å²) >= 11 is 3.64. The summed E-state index contributed by atoms with van der Waals surface area (Å²) in [5.41, 5.74) is 22.9. The molecule has 0 saturated carbocycles. The Bertz CT molecular complexity index is 3260. The van der Waals surface area contributed by atoms with Crippen molar-refractivity contribution in [2.24, 2.45) is 0 Å². The molecule has 5 heteroatoms. The van der Waals surface area contributed by atoms with E-state index in [1.165, 1.54) is 121 Å². The molecule has 0 N–H and O–H groups in total. The van der Waals surface area contributed by atoms with Crippen molar-refractivity contribution in [3.8, 4) is 22.3 Å². The standard InChI is InChI=1S/C63H63BN2S2/c1-38-32-55-59-56(33-38)66(52-25-21-40(61(5,6)7)35-48(52)44-17-15-19-58-46(44)29-31-68-58)54-27-23-42(63(11,12)13)37-50(54)64(59)49-36-41(62(8,9)10)22-26-53(49)65(55)51-24-20-39(60(2,3)4)34-47(51)43-16-14-18-57-45(43)28-30-67-57/h14-37H,1-13H3. The molecule has 0 amide bonds. The summed E-state index contributed by atoms with van der Waals surface area (Å²) in [6, 6.07) is 52.7. The van der Waals surface area contributed by atoms with E-state index in [0.29, 0.717) is 0 Å². The lowest BCUT2D eigenvalue weighted by Gasteiger charge is -2.46. The highest BCUT2D eigenvalue weighted by molar-refractivity contribution is 7.17. The summed E-state index contributed by atoms with van der Waals surface area (Å²) in [5, 5.41) is 7.09. The fourth-order valence-electron chi connectivity index (χ4n) is 10.9. The Balaban J connectivity index is 1.27. The van der Waals surface area contributed by atoms with Crippen LogP contribution in [-0.2, 0) is 21.7 Å². The molecular formula is C63H63BN2S2. The second kappa shape index (κ2) is 15.6. The fraction of sp³-hybridized carbons (Fsp3) is 0.270. The molecule has 0 radical (unpaired) electrons. The maximum absolute atomic E-state index is 2.64. The highest BCUT2D eigenvalue weighted by atomic mass is 32.1. The highest BCUT2D eigenvalue weighted by Crippen LogP contribution is 2.51. The van der Waals surface area contributed by atoms with E-state index in [9.17, 15) is 0 Å². The van der Waals surface area contributed by atoms with E-state index in [0.717, 1.165) is 0 Å². The van der Waals surface area contributed by atoms with Gasteiger partial charge in [0, 0.05) is 54.0 Å². The topological polar surface area (TPSA) is 6.48 Å². The van der Waals surface area contributed by atoms with Gasteiger partial charge in [0.15, 0.2) is 0 Å². The molecule has 0 fully saturated rings. The van der Waals surface area contributed by atoms with E-state index in [-0.39, 0.29) is 28.4 Å². The SMILES string of the molecule is Cc1cc2c3c(c1)N(c1ccc(C(C)(C)C)cc1-c1cccc4sccc14)c1ccc(C(C)(C)C)cc1B3c1cc(C(C)(C)C)ccc1N2c1ccc(C(C)(C)C)cc1-c1cccc2sccc12. The van der Waals surface area contributed by atoms with Crippen molar-refractivity contribution in [2.75, 3.05) is 9.80 Å². The summed E-state index contributed by atoms with van der Waals surface area (Å²) in [5.74, 6) is 0. The van der Waals surface area contributed by atoms with Gasteiger partial charge in [-0.1, -0.05) is 144 Å². The number of fused-ring (bicyclic) bond motifs is 6. The lowest BCUT2D eigenvalue weighted by atomic mass is 9.33. The van der Waals surface area contributed by atoms with Gasteiger partial charge in [-0.15, -0.1) is 22.7 Å². The van der Waals surface area contributed by atoms with E-state index in [1.54, 1.807) is 0 Å². The third-order valence-electron chi connectivity index (χ3n) is 14.7. The van der Waals surface area contributed by atoms with Crippen LogP contribution in [0.3, 0.4) is 0 Å². The Kier molecular flexibility index (Phi) is 10.2. The van der Waals surface area contributed by atoms with Crippen LogP contribution in [0.25, 0.3) is 42.4 Å². The van der Waals surface area contributed by atoms with E-state index < -0.39 is 0 Å². The van der Waals surface area contributed by atoms with Crippen molar-refractivity contribution >= 4 is 100 Å². The van der Waals surface area contributed by atoms with Crippen molar-refractivity contribution in [2.45, 2.75) is 112 Å². The van der Waals surface area contributed by atoms with Crippen molar-refractivity contribution in [3.63, 3.8) is 0 Å². The first-order chi connectivity index (χ1) is 32.2. The molecule has 7 aromatic carbocycles. The van der Waals surface area contributed by atoms with Crippen molar-refractivity contribution in [3.05, 3.63) is 172 Å². The van der Waals surface area contributed by atoms with Crippen molar-refractivity contribution < 1.29 is 0 Å². The quantitative estimate of drug-likeness (QED) is 0.162. The average molecular weight is 923 g/mol. The zero-order chi connectivity index (χ0) is 47.8. The molecular weight excluding hydrogens is 860 g/mol. The Morgan fingerprint density at radius 2 is 0.735 bits per heavy atom. The minimum atomic E-state index is -0.0481. The van der Waals surface area contributed by atoms with Crippen LogP contribution in [0, 0.1) is 6.92 Å². The highest BCUT2D eigenvalue weighted by Gasteiger charge is 2.45. The lowest BCUT2D eigenvalue weighted by molar-refractivity contribution is 0.590. The number of hydrogen-bond donors (Lipinski definition) is 0. The van der Waals surface area contributed by atoms with Crippen molar-refractivity contribution in [1.82, 2.24) is 0 Å². The van der Waals surface area contributed by atoms with Crippen LogP contribution in [0.1, 0.15) is 111 Å². The van der Waals surface area contributed by atoms with Gasteiger partial charge < -0.3 is 9.80 Å². The van der Waals surface area contributed by atoms with Crippen LogP contribution in [0.2, 0.25) is 0 Å². The molecule has 2 aliphatic heterocycles. The van der Waals surface area contributed by atoms with Crippen LogP contribution in [0.4, 0.5) is 34.1 Å². The Morgan fingerprint density at radius 3 is 1.12 bits per heavy atom. The van der Waals surface area contributed by atoms with Gasteiger partial charge in [-0.2, -0.15) is 0 Å². The minimum Gasteiger partial charge on any atom is -0.311 e. The summed E-state index contributed by atoms with van der Waals surface area (Å²) in [6.45, 7) is 30.4. The summed E-state index contributed by atoms with van der Waals surface area (Å²) in [6.07, 6.45) is 0. The van der Waals surface area contributed by atoms with E-state index in [4.69, 9.17) is 0 Å². The number of aryl methyl sites for hydroxylation is 1. The lowest BCUT2D eigenvalue weighted by Crippen LogP contribution is -2.61. The molecule has 2 aliphatic rings. The Hall–Kier alpha value is -5.88. The van der Waals surface area contributed by atoms with Crippen molar-refractivity contribution in [1.29, 1.82) is 0 Å². The van der Waals surface area contributed by atoms with E-state index >= 15 is 0 Å². The molecule has 0 spiro atoms. The van der Waals surface area contributed by atoms with Crippen LogP contribution >= 0.6 is 22.7 Å². The van der Waals surface area contributed by atoms with Crippen LogP contribution in [0.15, 0.2) is 144 Å². The van der Waals surface area contributed by atoms with E-state index in [1.807, 2.05) is 22.7 Å². The summed E-state index contributed by atoms with van der Waals surface area (Å²) in [4.78, 5) is 5.28. The zero-order valence-electron chi connectivity index (χ0n) is 42.1. The van der Waals surface area contributed by atoms with Gasteiger partial charge in [0.1, 0.15) is 0 Å². The Morgan fingerprint density at radius 1 is 0.368 bits per heavy atom. The molecule has 0 unspecified atom stereocenters. The van der Waals surface area contributed by atoms with Gasteiger partial charge in [-0.05, 0) is 167 Å². The van der Waals surface area contributed by atoms with Gasteiger partial charge in [0.2, 0.25) is 0 Å². The first-order valence-corrected chi connectivity index (χ1v) is 26.2. The number of thiophene rings is 2. The number of anilines is 6. The number of hydrogen-bond acceptors (Lipinski definition) is 4. The maximum Gasteiger partial charge on any atom is 0.252 e. The largest absolute Gasteiger partial charge is 0.311 e. The number of nitrogens with zero attached hydrogens (tertiary/aromatic N) is 2. The molecule has 4 heterocycles. The molecule has 0 saturated heterocycles. The second-order valence-corrected chi connectivity index (χ2v) is 25.5. The van der Waals surface area contributed by atoms with Gasteiger partial charge in [-0.3, -0.25) is 0 Å². The monoisotopic (exact) mass is 922 g/mol. The van der Waals surface area contributed by atoms with Crippen LogP contribution < -0.4 is 26.2 Å². The molecule has 0 atom stereocenters. The third-order valence-corrected chi connectivity index (χ3v) is 16.5. The first kappa shape index (κ1) is 44.6. The van der Waals surface area contributed by atoms with E-state index in [2.05, 4.69) is 244 Å². The first-order valence-electron chi connectivity index (χ1n) is 24.4.